The Morgan fingerprint density at radius 2 is 2.27 bits per heavy atom. The monoisotopic (exact) mass is 230 g/mol. The number of aromatic amines is 1. The summed E-state index contributed by atoms with van der Waals surface area (Å²) in [4.78, 5) is 18.5. The van der Waals surface area contributed by atoms with Crippen LogP contribution in [0.4, 0.5) is 0 Å². The van der Waals surface area contributed by atoms with Crippen molar-refractivity contribution in [3.8, 4) is 0 Å². The second-order valence-electron chi connectivity index (χ2n) is 3.09. The maximum atomic E-state index is 11.8. The maximum absolute atomic E-state index is 11.8. The lowest BCUT2D eigenvalue weighted by atomic mass is 10.5. The Hall–Kier alpha value is -1.18. The van der Waals surface area contributed by atoms with Crippen LogP contribution in [-0.2, 0) is 14.9 Å². The highest BCUT2D eigenvalue weighted by molar-refractivity contribution is 7.89. The summed E-state index contributed by atoms with van der Waals surface area (Å²) in [5.41, 5.74) is -0.538. The minimum absolute atomic E-state index is 0.285. The number of aromatic nitrogens is 1. The highest BCUT2D eigenvalue weighted by atomic mass is 32.2. The molecular formula is C8H10N2O4S. The Balaban J connectivity index is 2.46. The van der Waals surface area contributed by atoms with Gasteiger partial charge in [-0.1, -0.05) is 4.47 Å². The van der Waals surface area contributed by atoms with Crippen molar-refractivity contribution in [1.82, 2.24) is 9.45 Å². The molecule has 0 atom stereocenters. The average Bonchev–Trinajstić information content (AvgIpc) is 2.71. The molecule has 0 amide bonds. The Kier molecular flexibility index (Phi) is 2.59. The third-order valence-electron chi connectivity index (χ3n) is 2.05. The summed E-state index contributed by atoms with van der Waals surface area (Å²) in [6.07, 6.45) is 3.19. The Morgan fingerprint density at radius 1 is 1.47 bits per heavy atom. The zero-order valence-electron chi connectivity index (χ0n) is 7.84. The molecule has 0 aliphatic carbocycles. The molecule has 0 spiro atoms. The molecule has 7 heteroatoms. The summed E-state index contributed by atoms with van der Waals surface area (Å²) in [5.74, 6) is 0. The lowest BCUT2D eigenvalue weighted by molar-refractivity contribution is -0.0285. The van der Waals surface area contributed by atoms with Crippen LogP contribution >= 0.6 is 0 Å². The minimum atomic E-state index is -3.80. The standard InChI is InChI=1S/C8H10N2O4S/c11-7-2-3-9-6-8(7)15(12,13)10-4-1-5-14-10/h2-3,6H,1,4-5H2,(H,9,11). The number of sulfonamides is 1. The van der Waals surface area contributed by atoms with Crippen molar-refractivity contribution in [2.24, 2.45) is 0 Å². The molecule has 1 saturated heterocycles. The molecule has 82 valence electrons. The molecule has 6 nitrogen and oxygen atoms in total. The number of nitrogens with zero attached hydrogens (tertiary/aromatic N) is 1. The summed E-state index contributed by atoms with van der Waals surface area (Å²) in [5, 5.41) is 0. The van der Waals surface area contributed by atoms with Crippen molar-refractivity contribution in [3.63, 3.8) is 0 Å². The van der Waals surface area contributed by atoms with Gasteiger partial charge in [0.2, 0.25) is 5.43 Å². The highest BCUT2D eigenvalue weighted by Crippen LogP contribution is 2.15. The largest absolute Gasteiger partial charge is 0.366 e. The maximum Gasteiger partial charge on any atom is 0.270 e. The van der Waals surface area contributed by atoms with Gasteiger partial charge in [0.1, 0.15) is 4.90 Å². The number of hydrogen-bond acceptors (Lipinski definition) is 4. The smallest absolute Gasteiger partial charge is 0.270 e. The van der Waals surface area contributed by atoms with Gasteiger partial charge >= 0.3 is 0 Å². The van der Waals surface area contributed by atoms with Gasteiger partial charge in [0.25, 0.3) is 10.0 Å². The van der Waals surface area contributed by atoms with Gasteiger partial charge in [0.05, 0.1) is 6.61 Å². The van der Waals surface area contributed by atoms with Gasteiger partial charge in [-0.2, -0.15) is 0 Å². The first kappa shape index (κ1) is 10.3. The molecule has 0 aromatic carbocycles. The molecule has 1 aromatic rings. The van der Waals surface area contributed by atoms with Crippen LogP contribution in [0.2, 0.25) is 0 Å². The van der Waals surface area contributed by atoms with Gasteiger partial charge < -0.3 is 4.98 Å². The fraction of sp³-hybridized carbons (Fsp3) is 0.375. The zero-order chi connectivity index (χ0) is 10.9. The molecule has 0 unspecified atom stereocenters. The van der Waals surface area contributed by atoms with Crippen molar-refractivity contribution < 1.29 is 13.3 Å². The van der Waals surface area contributed by atoms with Crippen LogP contribution in [0, 0.1) is 0 Å². The molecule has 1 aromatic heterocycles. The molecule has 2 heterocycles. The van der Waals surface area contributed by atoms with Gasteiger partial charge in [-0.3, -0.25) is 9.63 Å². The van der Waals surface area contributed by atoms with Crippen molar-refractivity contribution in [3.05, 3.63) is 28.7 Å². The van der Waals surface area contributed by atoms with Crippen LogP contribution in [0.5, 0.6) is 0 Å². The predicted octanol–water partition coefficient (Wildman–Crippen LogP) is -0.299. The van der Waals surface area contributed by atoms with Gasteiger partial charge in [0, 0.05) is 25.0 Å². The average molecular weight is 230 g/mol. The quantitative estimate of drug-likeness (QED) is 0.756. The fourth-order valence-corrected chi connectivity index (χ4v) is 2.67. The summed E-state index contributed by atoms with van der Waals surface area (Å²) in [6.45, 7) is 0.653. The van der Waals surface area contributed by atoms with Crippen LogP contribution in [0.1, 0.15) is 6.42 Å². The first-order valence-corrected chi connectivity index (χ1v) is 5.89. The third kappa shape index (κ3) is 1.81. The van der Waals surface area contributed by atoms with Crippen LogP contribution < -0.4 is 5.43 Å². The van der Waals surface area contributed by atoms with E-state index in [0.717, 1.165) is 4.47 Å². The van der Waals surface area contributed by atoms with Crippen molar-refractivity contribution in [1.29, 1.82) is 0 Å². The van der Waals surface area contributed by atoms with E-state index in [4.69, 9.17) is 4.84 Å². The molecule has 1 fully saturated rings. The normalized spacial score (nSPS) is 18.1. The number of pyridine rings is 1. The summed E-state index contributed by atoms with van der Waals surface area (Å²) in [7, 11) is -3.80. The van der Waals surface area contributed by atoms with Crippen molar-refractivity contribution >= 4 is 10.0 Å². The lowest BCUT2D eigenvalue weighted by Gasteiger charge is -2.12. The minimum Gasteiger partial charge on any atom is -0.366 e. The van der Waals surface area contributed by atoms with Gasteiger partial charge in [0.15, 0.2) is 0 Å². The Morgan fingerprint density at radius 3 is 2.87 bits per heavy atom. The second kappa shape index (κ2) is 3.76. The highest BCUT2D eigenvalue weighted by Gasteiger charge is 2.30. The summed E-state index contributed by atoms with van der Waals surface area (Å²) in [6, 6.07) is 1.17. The topological polar surface area (TPSA) is 79.5 Å². The number of hydrogen-bond donors (Lipinski definition) is 1. The molecule has 0 bridgehead atoms. The van der Waals surface area contributed by atoms with Crippen LogP contribution in [-0.4, -0.2) is 31.0 Å². The summed E-state index contributed by atoms with van der Waals surface area (Å²) < 4.78 is 24.5. The van der Waals surface area contributed by atoms with Gasteiger partial charge in [-0.05, 0) is 6.42 Å². The number of H-pyrrole nitrogens is 1. The van der Waals surface area contributed by atoms with E-state index in [9.17, 15) is 13.2 Å². The molecule has 1 N–H and O–H groups in total. The van der Waals surface area contributed by atoms with E-state index in [1.165, 1.54) is 18.5 Å². The van der Waals surface area contributed by atoms with E-state index in [0.29, 0.717) is 13.0 Å². The molecule has 15 heavy (non-hydrogen) atoms. The van der Waals surface area contributed by atoms with E-state index in [2.05, 4.69) is 4.98 Å². The third-order valence-corrected chi connectivity index (χ3v) is 3.75. The summed E-state index contributed by atoms with van der Waals surface area (Å²) >= 11 is 0. The first-order valence-electron chi connectivity index (χ1n) is 4.45. The second-order valence-corrected chi connectivity index (χ2v) is 4.89. The fourth-order valence-electron chi connectivity index (χ4n) is 1.33. The van der Waals surface area contributed by atoms with Crippen LogP contribution in [0.15, 0.2) is 28.2 Å². The van der Waals surface area contributed by atoms with Crippen LogP contribution in [0.25, 0.3) is 0 Å². The van der Waals surface area contributed by atoms with E-state index in [-0.39, 0.29) is 11.4 Å². The molecular weight excluding hydrogens is 220 g/mol. The Bertz CT molecular complexity index is 501. The van der Waals surface area contributed by atoms with E-state index >= 15 is 0 Å². The number of nitrogens with one attached hydrogen (secondary N) is 1. The van der Waals surface area contributed by atoms with Gasteiger partial charge in [-0.15, -0.1) is 0 Å². The lowest BCUT2D eigenvalue weighted by Crippen LogP contribution is -2.30. The van der Waals surface area contributed by atoms with E-state index in [1.807, 2.05) is 0 Å². The molecule has 1 aliphatic rings. The number of hydroxylamine groups is 1. The number of rotatable bonds is 2. The molecule has 0 saturated carbocycles. The predicted molar refractivity (Wildman–Crippen MR) is 51.5 cm³/mol. The van der Waals surface area contributed by atoms with Crippen LogP contribution in [0.3, 0.4) is 0 Å². The zero-order valence-corrected chi connectivity index (χ0v) is 8.66. The van der Waals surface area contributed by atoms with Crippen molar-refractivity contribution in [2.45, 2.75) is 11.3 Å². The SMILES string of the molecule is O=c1cc[nH]cc1S(=O)(=O)N1CCCO1. The molecule has 0 radical (unpaired) electrons. The van der Waals surface area contributed by atoms with E-state index < -0.39 is 15.5 Å². The Labute approximate surface area is 86.5 Å². The van der Waals surface area contributed by atoms with Gasteiger partial charge in [-0.25, -0.2) is 8.42 Å². The van der Waals surface area contributed by atoms with Crippen molar-refractivity contribution in [2.75, 3.05) is 13.2 Å². The molecule has 2 rings (SSSR count). The van der Waals surface area contributed by atoms with E-state index in [1.54, 1.807) is 0 Å². The molecule has 1 aliphatic heterocycles. The first-order chi connectivity index (χ1) is 7.12.